The predicted octanol–water partition coefficient (Wildman–Crippen LogP) is 6.77. The molecule has 0 bridgehead atoms. The van der Waals surface area contributed by atoms with Gasteiger partial charge in [0.25, 0.3) is 11.8 Å². The van der Waals surface area contributed by atoms with E-state index in [2.05, 4.69) is 19.2 Å². The van der Waals surface area contributed by atoms with Gasteiger partial charge in [0, 0.05) is 5.69 Å². The number of anilines is 2. The number of carbonyl (C=O) groups is 2. The molecule has 3 aromatic rings. The molecule has 0 aromatic heterocycles. The van der Waals surface area contributed by atoms with Gasteiger partial charge in [0.05, 0.1) is 17.2 Å². The first-order valence-electron chi connectivity index (χ1n) is 12.1. The molecule has 0 unspecified atom stereocenters. The quantitative estimate of drug-likeness (QED) is 0.234. The second kappa shape index (κ2) is 12.2. The molecule has 1 fully saturated rings. The minimum absolute atomic E-state index is 0.196. The van der Waals surface area contributed by atoms with Crippen LogP contribution >= 0.6 is 24.0 Å². The van der Waals surface area contributed by atoms with Crippen molar-refractivity contribution in [3.05, 3.63) is 88.6 Å². The highest BCUT2D eigenvalue weighted by molar-refractivity contribution is 8.27. The lowest BCUT2D eigenvalue weighted by atomic mass is 10.0. The van der Waals surface area contributed by atoms with Crippen molar-refractivity contribution in [1.82, 2.24) is 0 Å². The minimum Gasteiger partial charge on any atom is -0.490 e. The lowest BCUT2D eigenvalue weighted by Gasteiger charge is -2.15. The van der Waals surface area contributed by atoms with Gasteiger partial charge >= 0.3 is 0 Å². The predicted molar refractivity (Wildman–Crippen MR) is 154 cm³/mol. The van der Waals surface area contributed by atoms with Gasteiger partial charge in [-0.3, -0.25) is 14.5 Å². The first-order valence-corrected chi connectivity index (χ1v) is 13.3. The van der Waals surface area contributed by atoms with Gasteiger partial charge in [-0.25, -0.2) is 4.39 Å². The molecule has 0 radical (unpaired) electrons. The Morgan fingerprint density at radius 3 is 2.61 bits per heavy atom. The molecule has 1 aliphatic heterocycles. The van der Waals surface area contributed by atoms with Crippen LogP contribution in [-0.4, -0.2) is 29.3 Å². The fraction of sp³-hybridized carbons (Fsp3) is 0.207. The average molecular weight is 551 g/mol. The van der Waals surface area contributed by atoms with E-state index in [-0.39, 0.29) is 24.3 Å². The van der Waals surface area contributed by atoms with Crippen LogP contribution in [-0.2, 0) is 9.59 Å². The van der Waals surface area contributed by atoms with Gasteiger partial charge in [0.1, 0.15) is 5.82 Å². The van der Waals surface area contributed by atoms with E-state index in [0.29, 0.717) is 38.6 Å². The number of carbonyl (C=O) groups excluding carboxylic acids is 2. The van der Waals surface area contributed by atoms with Crippen LogP contribution in [0.15, 0.2) is 71.6 Å². The van der Waals surface area contributed by atoms with Crippen LogP contribution in [0.3, 0.4) is 0 Å². The van der Waals surface area contributed by atoms with Crippen LogP contribution in [0.25, 0.3) is 6.08 Å². The standard InChI is InChI=1S/C29H27FN2O4S2/c1-4-35-25-14-19(15-26-28(34)32(29(37)38-26)21-9-7-8-20(30)16-21)12-13-24(25)36-17-27(33)31-23-11-6-5-10-22(23)18(2)3/h5-16,18H,4,17H2,1-3H3,(H,31,33)/b26-15-. The van der Waals surface area contributed by atoms with Crippen LogP contribution in [0.1, 0.15) is 37.8 Å². The highest BCUT2D eigenvalue weighted by Crippen LogP contribution is 2.37. The number of halogens is 1. The molecule has 6 nitrogen and oxygen atoms in total. The van der Waals surface area contributed by atoms with Gasteiger partial charge in [0.15, 0.2) is 22.4 Å². The topological polar surface area (TPSA) is 67.9 Å². The van der Waals surface area contributed by atoms with Crippen molar-refractivity contribution in [3.63, 3.8) is 0 Å². The Balaban J connectivity index is 1.48. The third-order valence-electron chi connectivity index (χ3n) is 5.64. The SMILES string of the molecule is CCOc1cc(/C=C2\SC(=S)N(c3cccc(F)c3)C2=O)ccc1OCC(=O)Nc1ccccc1C(C)C. The van der Waals surface area contributed by atoms with Crippen LogP contribution < -0.4 is 19.7 Å². The van der Waals surface area contributed by atoms with Crippen molar-refractivity contribution in [2.24, 2.45) is 0 Å². The highest BCUT2D eigenvalue weighted by atomic mass is 32.2. The lowest BCUT2D eigenvalue weighted by molar-refractivity contribution is -0.118. The molecule has 196 valence electrons. The van der Waals surface area contributed by atoms with E-state index in [4.69, 9.17) is 21.7 Å². The third kappa shape index (κ3) is 6.41. The number of rotatable bonds is 9. The molecule has 1 heterocycles. The van der Waals surface area contributed by atoms with Gasteiger partial charge in [-0.1, -0.05) is 68.2 Å². The molecule has 1 saturated heterocycles. The lowest BCUT2D eigenvalue weighted by Crippen LogP contribution is -2.27. The summed E-state index contributed by atoms with van der Waals surface area (Å²) in [5.41, 5.74) is 2.87. The van der Waals surface area contributed by atoms with Crippen LogP contribution in [0.2, 0.25) is 0 Å². The summed E-state index contributed by atoms with van der Waals surface area (Å²) in [6.45, 7) is 6.16. The van der Waals surface area contributed by atoms with Gasteiger partial charge in [-0.2, -0.15) is 0 Å². The van der Waals surface area contributed by atoms with E-state index in [0.717, 1.165) is 23.0 Å². The fourth-order valence-corrected chi connectivity index (χ4v) is 5.20. The summed E-state index contributed by atoms with van der Waals surface area (Å²) in [5.74, 6) is 0.0443. The highest BCUT2D eigenvalue weighted by Gasteiger charge is 2.33. The molecule has 0 saturated carbocycles. The first kappa shape index (κ1) is 27.3. The Morgan fingerprint density at radius 1 is 1.08 bits per heavy atom. The molecule has 38 heavy (non-hydrogen) atoms. The van der Waals surface area contributed by atoms with Crippen molar-refractivity contribution in [2.45, 2.75) is 26.7 Å². The van der Waals surface area contributed by atoms with Gasteiger partial charge < -0.3 is 14.8 Å². The zero-order valence-electron chi connectivity index (χ0n) is 21.2. The minimum atomic E-state index is -0.449. The smallest absolute Gasteiger partial charge is 0.270 e. The molecule has 0 aliphatic carbocycles. The Labute approximate surface area is 230 Å². The zero-order valence-corrected chi connectivity index (χ0v) is 22.8. The van der Waals surface area contributed by atoms with E-state index < -0.39 is 5.82 Å². The third-order valence-corrected chi connectivity index (χ3v) is 6.94. The van der Waals surface area contributed by atoms with E-state index in [1.807, 2.05) is 31.2 Å². The molecule has 1 N–H and O–H groups in total. The Morgan fingerprint density at radius 2 is 1.87 bits per heavy atom. The van der Waals surface area contributed by atoms with E-state index >= 15 is 0 Å². The second-order valence-electron chi connectivity index (χ2n) is 8.71. The molecule has 9 heteroatoms. The average Bonchev–Trinajstić information content (AvgIpc) is 3.16. The number of benzene rings is 3. The molecular weight excluding hydrogens is 523 g/mol. The maximum absolute atomic E-state index is 13.7. The number of ether oxygens (including phenoxy) is 2. The number of hydrogen-bond donors (Lipinski definition) is 1. The summed E-state index contributed by atoms with van der Waals surface area (Å²) in [6.07, 6.45) is 1.69. The number of nitrogens with zero attached hydrogens (tertiary/aromatic N) is 1. The molecule has 0 atom stereocenters. The summed E-state index contributed by atoms with van der Waals surface area (Å²) >= 11 is 6.51. The van der Waals surface area contributed by atoms with Crippen molar-refractivity contribution in [3.8, 4) is 11.5 Å². The summed E-state index contributed by atoms with van der Waals surface area (Å²) < 4.78 is 25.5. The number of para-hydroxylation sites is 1. The Kier molecular flexibility index (Phi) is 8.81. The number of amides is 2. The van der Waals surface area contributed by atoms with Crippen LogP contribution in [0.5, 0.6) is 11.5 Å². The normalized spacial score (nSPS) is 14.3. The van der Waals surface area contributed by atoms with Gasteiger partial charge in [-0.15, -0.1) is 0 Å². The van der Waals surface area contributed by atoms with E-state index in [1.165, 1.54) is 23.1 Å². The summed E-state index contributed by atoms with van der Waals surface area (Å²) in [6, 6.07) is 18.6. The van der Waals surface area contributed by atoms with E-state index in [9.17, 15) is 14.0 Å². The number of thiocarbonyl (C=S) groups is 1. The van der Waals surface area contributed by atoms with Crippen molar-refractivity contribution >= 4 is 57.6 Å². The van der Waals surface area contributed by atoms with Crippen molar-refractivity contribution in [1.29, 1.82) is 0 Å². The largest absolute Gasteiger partial charge is 0.490 e. The Hall–Kier alpha value is -3.69. The molecule has 4 rings (SSSR count). The first-order chi connectivity index (χ1) is 18.3. The molecular formula is C29H27FN2O4S2. The maximum Gasteiger partial charge on any atom is 0.270 e. The fourth-order valence-electron chi connectivity index (χ4n) is 3.90. The summed E-state index contributed by atoms with van der Waals surface area (Å²) in [4.78, 5) is 27.3. The summed E-state index contributed by atoms with van der Waals surface area (Å²) in [5, 5.41) is 2.91. The van der Waals surface area contributed by atoms with Gasteiger partial charge in [-0.05, 0) is 66.4 Å². The second-order valence-corrected chi connectivity index (χ2v) is 10.4. The van der Waals surface area contributed by atoms with Crippen LogP contribution in [0.4, 0.5) is 15.8 Å². The van der Waals surface area contributed by atoms with Crippen molar-refractivity contribution < 1.29 is 23.5 Å². The number of thioether (sulfide) groups is 1. The Bertz CT molecular complexity index is 1410. The van der Waals surface area contributed by atoms with Gasteiger partial charge in [0.2, 0.25) is 0 Å². The molecule has 3 aromatic carbocycles. The monoisotopic (exact) mass is 550 g/mol. The maximum atomic E-state index is 13.7. The van der Waals surface area contributed by atoms with Crippen LogP contribution in [0, 0.1) is 5.82 Å². The molecule has 2 amide bonds. The van der Waals surface area contributed by atoms with Crippen molar-refractivity contribution in [2.75, 3.05) is 23.4 Å². The molecule has 1 aliphatic rings. The molecule has 0 spiro atoms. The zero-order chi connectivity index (χ0) is 27.2. The van der Waals surface area contributed by atoms with E-state index in [1.54, 1.807) is 30.3 Å². The number of nitrogens with one attached hydrogen (secondary N) is 1. The summed E-state index contributed by atoms with van der Waals surface area (Å²) in [7, 11) is 0. The number of hydrogen-bond acceptors (Lipinski definition) is 6.